The Hall–Kier alpha value is -3.81. The first-order valence-electron chi connectivity index (χ1n) is 11.3. The van der Waals surface area contributed by atoms with Crippen LogP contribution in [0, 0.1) is 0 Å². The minimum absolute atomic E-state index is 0.0473. The van der Waals surface area contributed by atoms with Crippen molar-refractivity contribution in [3.8, 4) is 0 Å². The molecule has 0 spiro atoms. The van der Waals surface area contributed by atoms with Crippen LogP contribution >= 0.6 is 0 Å². The second kappa shape index (κ2) is 8.97. The number of piperidine rings is 1. The van der Waals surface area contributed by atoms with E-state index in [0.29, 0.717) is 47.7 Å². The monoisotopic (exact) mass is 443 g/mol. The lowest BCUT2D eigenvalue weighted by Gasteiger charge is -2.36. The molecule has 0 aliphatic carbocycles. The van der Waals surface area contributed by atoms with Crippen molar-refractivity contribution < 1.29 is 9.59 Å². The van der Waals surface area contributed by atoms with Crippen molar-refractivity contribution in [2.45, 2.75) is 38.3 Å². The van der Waals surface area contributed by atoms with Gasteiger partial charge in [0, 0.05) is 37.5 Å². The van der Waals surface area contributed by atoms with Gasteiger partial charge < -0.3 is 14.8 Å². The molecule has 3 aromatic rings. The zero-order chi connectivity index (χ0) is 22.8. The van der Waals surface area contributed by atoms with E-state index < -0.39 is 0 Å². The lowest BCUT2D eigenvalue weighted by Crippen LogP contribution is -2.42. The molecule has 0 bridgehead atoms. The molecule has 2 aromatic heterocycles. The Bertz CT molecular complexity index is 1230. The number of carbonyl (C=O) groups is 2. The molecule has 2 aliphatic rings. The summed E-state index contributed by atoms with van der Waals surface area (Å²) in [6, 6.07) is 12.4. The van der Waals surface area contributed by atoms with Crippen molar-refractivity contribution in [3.05, 3.63) is 93.4 Å². The molecule has 1 N–H and O–H groups in total. The Labute approximate surface area is 191 Å². The minimum Gasteiger partial charge on any atom is -0.334 e. The predicted molar refractivity (Wildman–Crippen MR) is 122 cm³/mol. The smallest absolute Gasteiger partial charge is 0.256 e. The summed E-state index contributed by atoms with van der Waals surface area (Å²) in [6.45, 7) is 1.32. The number of amides is 2. The largest absolute Gasteiger partial charge is 0.334 e. The molecule has 0 radical (unpaired) electrons. The SMILES string of the molecule is O=C(c1cccnc1)N1CCc2nc([C@@H]3CCCCN3C(=O)c3ccccc3)[nH]c(=O)c2C1. The highest BCUT2D eigenvalue weighted by atomic mass is 16.2. The minimum atomic E-state index is -0.264. The van der Waals surface area contributed by atoms with E-state index in [2.05, 4.69) is 9.97 Å². The molecule has 8 heteroatoms. The zero-order valence-electron chi connectivity index (χ0n) is 18.2. The number of nitrogens with one attached hydrogen (secondary N) is 1. The van der Waals surface area contributed by atoms with Gasteiger partial charge in [-0.25, -0.2) is 4.98 Å². The molecule has 8 nitrogen and oxygen atoms in total. The van der Waals surface area contributed by atoms with Gasteiger partial charge in [-0.05, 0) is 43.5 Å². The van der Waals surface area contributed by atoms with Crippen molar-refractivity contribution in [2.24, 2.45) is 0 Å². The summed E-state index contributed by atoms with van der Waals surface area (Å²) >= 11 is 0. The fourth-order valence-electron chi connectivity index (χ4n) is 4.65. The maximum Gasteiger partial charge on any atom is 0.256 e. The third-order valence-electron chi connectivity index (χ3n) is 6.38. The molecule has 0 unspecified atom stereocenters. The van der Waals surface area contributed by atoms with E-state index in [9.17, 15) is 14.4 Å². The van der Waals surface area contributed by atoms with Gasteiger partial charge in [0.2, 0.25) is 0 Å². The molecule has 168 valence electrons. The first-order valence-corrected chi connectivity index (χ1v) is 11.3. The number of likely N-dealkylation sites (tertiary alicyclic amines) is 1. The Kier molecular flexibility index (Phi) is 5.73. The number of carbonyl (C=O) groups excluding carboxylic acids is 2. The Balaban J connectivity index is 1.41. The van der Waals surface area contributed by atoms with Gasteiger partial charge in [-0.15, -0.1) is 0 Å². The van der Waals surface area contributed by atoms with Gasteiger partial charge in [0.25, 0.3) is 17.4 Å². The van der Waals surface area contributed by atoms with Crippen molar-refractivity contribution in [1.82, 2.24) is 24.8 Å². The number of hydrogen-bond donors (Lipinski definition) is 1. The molecular formula is C25H25N5O3. The summed E-state index contributed by atoms with van der Waals surface area (Å²) in [4.78, 5) is 54.2. The number of pyridine rings is 1. The average Bonchev–Trinajstić information content (AvgIpc) is 2.88. The van der Waals surface area contributed by atoms with E-state index >= 15 is 0 Å². The lowest BCUT2D eigenvalue weighted by atomic mass is 9.99. The zero-order valence-corrected chi connectivity index (χ0v) is 18.2. The van der Waals surface area contributed by atoms with Crippen molar-refractivity contribution in [3.63, 3.8) is 0 Å². The summed E-state index contributed by atoms with van der Waals surface area (Å²) < 4.78 is 0. The Morgan fingerprint density at radius 2 is 1.79 bits per heavy atom. The number of nitrogens with zero attached hydrogens (tertiary/aromatic N) is 4. The summed E-state index contributed by atoms with van der Waals surface area (Å²) in [5.41, 5.74) is 2.12. The van der Waals surface area contributed by atoms with Crippen LogP contribution < -0.4 is 5.56 Å². The average molecular weight is 444 g/mol. The second-order valence-corrected chi connectivity index (χ2v) is 8.47. The fourth-order valence-corrected chi connectivity index (χ4v) is 4.65. The first kappa shape index (κ1) is 21.1. The van der Waals surface area contributed by atoms with Crippen molar-refractivity contribution in [1.29, 1.82) is 0 Å². The Morgan fingerprint density at radius 1 is 0.970 bits per heavy atom. The van der Waals surface area contributed by atoms with Gasteiger partial charge >= 0.3 is 0 Å². The van der Waals surface area contributed by atoms with E-state index in [1.165, 1.54) is 6.20 Å². The number of rotatable bonds is 3. The molecule has 2 amide bonds. The molecule has 33 heavy (non-hydrogen) atoms. The van der Waals surface area contributed by atoms with Gasteiger partial charge in [-0.1, -0.05) is 18.2 Å². The van der Waals surface area contributed by atoms with Gasteiger partial charge in [0.1, 0.15) is 5.82 Å². The number of hydrogen-bond acceptors (Lipinski definition) is 5. The van der Waals surface area contributed by atoms with Crippen LogP contribution in [-0.2, 0) is 13.0 Å². The van der Waals surface area contributed by atoms with Crippen LogP contribution in [0.4, 0.5) is 0 Å². The topological polar surface area (TPSA) is 99.3 Å². The summed E-state index contributed by atoms with van der Waals surface area (Å²) in [7, 11) is 0. The van der Waals surface area contributed by atoms with Gasteiger partial charge in [-0.2, -0.15) is 0 Å². The van der Waals surface area contributed by atoms with E-state index in [-0.39, 0.29) is 30.0 Å². The highest BCUT2D eigenvalue weighted by Gasteiger charge is 2.32. The number of aromatic amines is 1. The number of aromatic nitrogens is 3. The van der Waals surface area contributed by atoms with Crippen molar-refractivity contribution >= 4 is 11.8 Å². The van der Waals surface area contributed by atoms with Gasteiger partial charge in [0.15, 0.2) is 0 Å². The normalized spacial score (nSPS) is 18.0. The van der Waals surface area contributed by atoms with Crippen LogP contribution in [0.3, 0.4) is 0 Å². The molecule has 1 fully saturated rings. The lowest BCUT2D eigenvalue weighted by molar-refractivity contribution is 0.0597. The van der Waals surface area contributed by atoms with E-state index in [0.717, 1.165) is 19.3 Å². The first-order chi connectivity index (χ1) is 16.1. The highest BCUT2D eigenvalue weighted by Crippen LogP contribution is 2.30. The van der Waals surface area contributed by atoms with Gasteiger partial charge in [-0.3, -0.25) is 19.4 Å². The second-order valence-electron chi connectivity index (χ2n) is 8.47. The van der Waals surface area contributed by atoms with Crippen LogP contribution in [0.5, 0.6) is 0 Å². The molecule has 1 saturated heterocycles. The number of benzene rings is 1. The highest BCUT2D eigenvalue weighted by molar-refractivity contribution is 5.94. The summed E-state index contributed by atoms with van der Waals surface area (Å²) in [6.07, 6.45) is 6.30. The van der Waals surface area contributed by atoms with Gasteiger partial charge in [0.05, 0.1) is 29.4 Å². The van der Waals surface area contributed by atoms with E-state index in [4.69, 9.17) is 4.98 Å². The van der Waals surface area contributed by atoms with Crippen LogP contribution in [-0.4, -0.2) is 49.7 Å². The molecule has 4 heterocycles. The maximum absolute atomic E-state index is 13.2. The quantitative estimate of drug-likeness (QED) is 0.671. The third-order valence-corrected chi connectivity index (χ3v) is 6.38. The molecular weight excluding hydrogens is 418 g/mol. The summed E-state index contributed by atoms with van der Waals surface area (Å²) in [5, 5.41) is 0. The summed E-state index contributed by atoms with van der Waals surface area (Å²) in [5.74, 6) is 0.341. The molecule has 1 atom stereocenters. The predicted octanol–water partition coefficient (Wildman–Crippen LogP) is 2.73. The number of H-pyrrole nitrogens is 1. The van der Waals surface area contributed by atoms with Crippen LogP contribution in [0.1, 0.15) is 63.1 Å². The van der Waals surface area contributed by atoms with E-state index in [1.54, 1.807) is 23.2 Å². The van der Waals surface area contributed by atoms with Crippen molar-refractivity contribution in [2.75, 3.05) is 13.1 Å². The maximum atomic E-state index is 13.2. The molecule has 2 aliphatic heterocycles. The molecule has 5 rings (SSSR count). The standard InChI is InChI=1S/C25H25N5O3/c31-23-19-16-29(24(32)18-9-6-12-26-15-18)14-11-20(19)27-22(28-23)21-10-4-5-13-30(21)25(33)17-7-2-1-3-8-17/h1-3,6-9,12,15,21H,4-5,10-11,13-14,16H2,(H,27,28,31)/t21-/m0/s1. The molecule has 0 saturated carbocycles. The molecule has 1 aromatic carbocycles. The third kappa shape index (κ3) is 4.16. The fraction of sp³-hybridized carbons (Fsp3) is 0.320. The Morgan fingerprint density at radius 3 is 2.58 bits per heavy atom. The van der Waals surface area contributed by atoms with Crippen LogP contribution in [0.2, 0.25) is 0 Å². The van der Waals surface area contributed by atoms with Crippen LogP contribution in [0.15, 0.2) is 59.7 Å². The van der Waals surface area contributed by atoms with Crippen LogP contribution in [0.25, 0.3) is 0 Å². The van der Waals surface area contributed by atoms with E-state index in [1.807, 2.05) is 35.2 Å². The number of fused-ring (bicyclic) bond motifs is 1.